The van der Waals surface area contributed by atoms with Gasteiger partial charge >= 0.3 is 0 Å². The van der Waals surface area contributed by atoms with Crippen molar-refractivity contribution in [3.05, 3.63) is 47.8 Å². The highest BCUT2D eigenvalue weighted by molar-refractivity contribution is 6.02. The molecule has 1 amide bonds. The molecule has 4 nitrogen and oxygen atoms in total. The van der Waals surface area contributed by atoms with E-state index in [-0.39, 0.29) is 5.91 Å². The summed E-state index contributed by atoms with van der Waals surface area (Å²) in [7, 11) is 1.75. The summed E-state index contributed by atoms with van der Waals surface area (Å²) < 4.78 is 1.56. The van der Waals surface area contributed by atoms with Crippen LogP contribution in [-0.2, 0) is 13.5 Å². The van der Waals surface area contributed by atoms with Gasteiger partial charge in [0.1, 0.15) is 5.69 Å². The molecule has 19 heavy (non-hydrogen) atoms. The summed E-state index contributed by atoms with van der Waals surface area (Å²) in [6.07, 6.45) is 5.09. The first-order chi connectivity index (χ1) is 9.20. The van der Waals surface area contributed by atoms with Crippen LogP contribution in [0.3, 0.4) is 0 Å². The van der Waals surface area contributed by atoms with Crippen LogP contribution in [0.25, 0.3) is 0 Å². The Kier molecular flexibility index (Phi) is 4.34. The maximum Gasteiger partial charge on any atom is 0.273 e. The van der Waals surface area contributed by atoms with E-state index in [9.17, 15) is 4.79 Å². The first-order valence-electron chi connectivity index (χ1n) is 6.59. The van der Waals surface area contributed by atoms with Crippen LogP contribution in [0.1, 0.15) is 35.8 Å². The van der Waals surface area contributed by atoms with Crippen LogP contribution in [-0.4, -0.2) is 15.7 Å². The van der Waals surface area contributed by atoms with E-state index < -0.39 is 0 Å². The van der Waals surface area contributed by atoms with Crippen LogP contribution in [0.15, 0.2) is 36.5 Å². The third-order valence-electron chi connectivity index (χ3n) is 3.08. The molecule has 4 heteroatoms. The zero-order chi connectivity index (χ0) is 13.7. The van der Waals surface area contributed by atoms with Crippen molar-refractivity contribution in [3.8, 4) is 0 Å². The number of aromatic nitrogens is 2. The topological polar surface area (TPSA) is 46.9 Å². The number of anilines is 1. The number of aryl methyl sites for hydroxylation is 2. The molecular formula is C15H19N3O. The Balaban J connectivity index is 2.00. The monoisotopic (exact) mass is 257 g/mol. The van der Waals surface area contributed by atoms with Gasteiger partial charge < -0.3 is 5.32 Å². The molecule has 1 aromatic heterocycles. The second kappa shape index (κ2) is 6.18. The molecule has 1 N–H and O–H groups in total. The number of hydrogen-bond donors (Lipinski definition) is 1. The molecule has 1 heterocycles. The number of carbonyl (C=O) groups excluding carboxylic acids is 1. The molecule has 0 atom stereocenters. The Morgan fingerprint density at radius 1 is 1.26 bits per heavy atom. The van der Waals surface area contributed by atoms with Gasteiger partial charge in [-0.1, -0.05) is 25.5 Å². The largest absolute Gasteiger partial charge is 0.321 e. The first kappa shape index (κ1) is 13.3. The van der Waals surface area contributed by atoms with Crippen LogP contribution in [0.2, 0.25) is 0 Å². The highest BCUT2D eigenvalue weighted by Crippen LogP contribution is 2.13. The summed E-state index contributed by atoms with van der Waals surface area (Å²) in [5.41, 5.74) is 2.67. The Labute approximate surface area is 113 Å². The minimum absolute atomic E-state index is 0.138. The minimum Gasteiger partial charge on any atom is -0.321 e. The van der Waals surface area contributed by atoms with Gasteiger partial charge in [-0.25, -0.2) is 0 Å². The fraction of sp³-hybridized carbons (Fsp3) is 0.333. The minimum atomic E-state index is -0.138. The normalized spacial score (nSPS) is 10.4. The average Bonchev–Trinajstić information content (AvgIpc) is 2.84. The number of unbranched alkanes of at least 4 members (excludes halogenated alkanes) is 1. The predicted octanol–water partition coefficient (Wildman–Crippen LogP) is 3.02. The van der Waals surface area contributed by atoms with E-state index in [0.717, 1.165) is 12.1 Å². The maximum atomic E-state index is 12.0. The van der Waals surface area contributed by atoms with Crippen molar-refractivity contribution >= 4 is 11.6 Å². The van der Waals surface area contributed by atoms with E-state index in [1.54, 1.807) is 24.0 Å². The van der Waals surface area contributed by atoms with E-state index in [1.165, 1.54) is 18.4 Å². The molecule has 0 bridgehead atoms. The number of amides is 1. The van der Waals surface area contributed by atoms with Gasteiger partial charge in [-0.2, -0.15) is 5.10 Å². The van der Waals surface area contributed by atoms with Crippen LogP contribution in [0.4, 0.5) is 5.69 Å². The highest BCUT2D eigenvalue weighted by Gasteiger charge is 2.09. The molecule has 0 aliphatic rings. The lowest BCUT2D eigenvalue weighted by Crippen LogP contribution is -2.16. The summed E-state index contributed by atoms with van der Waals surface area (Å²) in [5.74, 6) is -0.138. The fourth-order valence-electron chi connectivity index (χ4n) is 1.93. The summed E-state index contributed by atoms with van der Waals surface area (Å²) in [6.45, 7) is 2.18. The number of nitrogens with one attached hydrogen (secondary N) is 1. The molecule has 0 spiro atoms. The smallest absolute Gasteiger partial charge is 0.273 e. The fourth-order valence-corrected chi connectivity index (χ4v) is 1.93. The van der Waals surface area contributed by atoms with Crippen molar-refractivity contribution in [1.29, 1.82) is 0 Å². The number of hydrogen-bond acceptors (Lipinski definition) is 2. The molecule has 0 radical (unpaired) electrons. The van der Waals surface area contributed by atoms with Gasteiger partial charge in [-0.05, 0) is 36.6 Å². The third kappa shape index (κ3) is 3.44. The molecule has 0 fully saturated rings. The van der Waals surface area contributed by atoms with E-state index in [2.05, 4.69) is 29.5 Å². The number of nitrogens with zero attached hydrogens (tertiary/aromatic N) is 2. The van der Waals surface area contributed by atoms with Gasteiger partial charge in [0, 0.05) is 18.9 Å². The van der Waals surface area contributed by atoms with Crippen LogP contribution < -0.4 is 5.32 Å². The zero-order valence-electron chi connectivity index (χ0n) is 11.4. The van der Waals surface area contributed by atoms with E-state index in [4.69, 9.17) is 0 Å². The van der Waals surface area contributed by atoms with Gasteiger partial charge in [0.2, 0.25) is 0 Å². The van der Waals surface area contributed by atoms with Crippen molar-refractivity contribution in [3.63, 3.8) is 0 Å². The zero-order valence-corrected chi connectivity index (χ0v) is 11.4. The molecule has 0 saturated heterocycles. The van der Waals surface area contributed by atoms with Crippen molar-refractivity contribution in [2.75, 3.05) is 5.32 Å². The molecular weight excluding hydrogens is 238 g/mol. The lowest BCUT2D eigenvalue weighted by molar-refractivity contribution is 0.101. The second-order valence-electron chi connectivity index (χ2n) is 4.59. The van der Waals surface area contributed by atoms with E-state index in [1.807, 2.05) is 12.1 Å². The van der Waals surface area contributed by atoms with Crippen molar-refractivity contribution in [2.45, 2.75) is 26.2 Å². The van der Waals surface area contributed by atoms with Crippen molar-refractivity contribution < 1.29 is 4.79 Å². The van der Waals surface area contributed by atoms with Crippen LogP contribution >= 0.6 is 0 Å². The molecule has 0 aliphatic heterocycles. The average molecular weight is 257 g/mol. The van der Waals surface area contributed by atoms with E-state index >= 15 is 0 Å². The lowest BCUT2D eigenvalue weighted by atomic mass is 10.1. The molecule has 100 valence electrons. The van der Waals surface area contributed by atoms with Crippen molar-refractivity contribution in [2.24, 2.45) is 7.05 Å². The van der Waals surface area contributed by atoms with Crippen molar-refractivity contribution in [1.82, 2.24) is 9.78 Å². The highest BCUT2D eigenvalue weighted by atomic mass is 16.2. The number of rotatable bonds is 5. The molecule has 1 aromatic carbocycles. The predicted molar refractivity (Wildman–Crippen MR) is 76.2 cm³/mol. The summed E-state index contributed by atoms with van der Waals surface area (Å²) >= 11 is 0. The maximum absolute atomic E-state index is 12.0. The SMILES string of the molecule is CCCCc1ccc(NC(=O)c2ccnn2C)cc1. The molecule has 2 rings (SSSR count). The van der Waals surface area contributed by atoms with Gasteiger partial charge in [0.05, 0.1) is 0 Å². The standard InChI is InChI=1S/C15H19N3O/c1-3-4-5-12-6-8-13(9-7-12)17-15(19)14-10-11-16-18(14)2/h6-11H,3-5H2,1-2H3,(H,17,19). The Hall–Kier alpha value is -2.10. The number of carbonyl (C=O) groups is 1. The first-order valence-corrected chi connectivity index (χ1v) is 6.59. The Morgan fingerprint density at radius 3 is 2.58 bits per heavy atom. The lowest BCUT2D eigenvalue weighted by Gasteiger charge is -2.06. The third-order valence-corrected chi connectivity index (χ3v) is 3.08. The van der Waals surface area contributed by atoms with Gasteiger partial charge in [-0.15, -0.1) is 0 Å². The van der Waals surface area contributed by atoms with E-state index in [0.29, 0.717) is 5.69 Å². The van der Waals surface area contributed by atoms with Gasteiger partial charge in [0.15, 0.2) is 0 Å². The Morgan fingerprint density at radius 2 is 2.00 bits per heavy atom. The molecule has 0 unspecified atom stereocenters. The molecule has 0 saturated carbocycles. The molecule has 0 aliphatic carbocycles. The second-order valence-corrected chi connectivity index (χ2v) is 4.59. The summed E-state index contributed by atoms with van der Waals surface area (Å²) in [6, 6.07) is 9.71. The number of benzene rings is 1. The quantitative estimate of drug-likeness (QED) is 0.895. The Bertz CT molecular complexity index is 543. The molecule has 2 aromatic rings. The van der Waals surface area contributed by atoms with Crippen LogP contribution in [0.5, 0.6) is 0 Å². The van der Waals surface area contributed by atoms with Crippen LogP contribution in [0, 0.1) is 0 Å². The van der Waals surface area contributed by atoms with Gasteiger partial charge in [-0.3, -0.25) is 9.48 Å². The summed E-state index contributed by atoms with van der Waals surface area (Å²) in [5, 5.41) is 6.85. The van der Waals surface area contributed by atoms with Gasteiger partial charge in [0.25, 0.3) is 5.91 Å². The summed E-state index contributed by atoms with van der Waals surface area (Å²) in [4.78, 5) is 12.0.